The van der Waals surface area contributed by atoms with Gasteiger partial charge in [-0.25, -0.2) is 14.8 Å². The summed E-state index contributed by atoms with van der Waals surface area (Å²) in [4.78, 5) is 32.9. The van der Waals surface area contributed by atoms with E-state index in [1.807, 2.05) is 0 Å². The molecule has 0 bridgehead atoms. The number of aromatic nitrogens is 2. The highest BCUT2D eigenvalue weighted by atomic mass is 16.6. The van der Waals surface area contributed by atoms with Gasteiger partial charge in [-0.15, -0.1) is 0 Å². The summed E-state index contributed by atoms with van der Waals surface area (Å²) in [6, 6.07) is 1.55. The molecule has 1 saturated carbocycles. The molecule has 1 aliphatic carbocycles. The minimum atomic E-state index is -0.582. The Labute approximate surface area is 123 Å². The average molecular weight is 292 g/mol. The van der Waals surface area contributed by atoms with Crippen molar-refractivity contribution in [2.24, 2.45) is 5.92 Å². The van der Waals surface area contributed by atoms with Crippen molar-refractivity contribution in [2.45, 2.75) is 39.2 Å². The Balaban J connectivity index is 2.05. The summed E-state index contributed by atoms with van der Waals surface area (Å²) in [6.07, 6.45) is 2.63. The van der Waals surface area contributed by atoms with Crippen molar-refractivity contribution in [3.63, 3.8) is 0 Å². The lowest BCUT2D eigenvalue weighted by molar-refractivity contribution is -0.117. The first-order chi connectivity index (χ1) is 9.76. The minimum Gasteiger partial charge on any atom is -0.443 e. The number of hydrogen-bond acceptors (Lipinski definition) is 5. The zero-order valence-electron chi connectivity index (χ0n) is 12.7. The number of anilines is 2. The SMILES string of the molecule is CN(C(=O)OC(C)(C)C)c1cc(NC(=O)C2CC2)ncn1. The van der Waals surface area contributed by atoms with Gasteiger partial charge < -0.3 is 10.1 Å². The highest BCUT2D eigenvalue weighted by Crippen LogP contribution is 2.30. The molecule has 0 spiro atoms. The summed E-state index contributed by atoms with van der Waals surface area (Å²) in [7, 11) is 1.56. The third-order valence-corrected chi connectivity index (χ3v) is 2.86. The molecule has 0 radical (unpaired) electrons. The van der Waals surface area contributed by atoms with Crippen LogP contribution in [0.4, 0.5) is 16.4 Å². The first-order valence-corrected chi connectivity index (χ1v) is 6.86. The van der Waals surface area contributed by atoms with Crippen LogP contribution in [0.1, 0.15) is 33.6 Å². The number of carbonyl (C=O) groups excluding carboxylic acids is 2. The number of nitrogens with zero attached hydrogens (tertiary/aromatic N) is 3. The third-order valence-electron chi connectivity index (χ3n) is 2.86. The highest BCUT2D eigenvalue weighted by molar-refractivity contribution is 5.94. The largest absolute Gasteiger partial charge is 0.443 e. The van der Waals surface area contributed by atoms with Gasteiger partial charge >= 0.3 is 6.09 Å². The summed E-state index contributed by atoms with van der Waals surface area (Å²) >= 11 is 0. The number of ether oxygens (including phenoxy) is 1. The number of carbonyl (C=O) groups is 2. The van der Waals surface area contributed by atoms with Crippen LogP contribution in [0.5, 0.6) is 0 Å². The maximum atomic E-state index is 12.0. The highest BCUT2D eigenvalue weighted by Gasteiger charge is 2.30. The summed E-state index contributed by atoms with van der Waals surface area (Å²) < 4.78 is 5.26. The normalized spacial score (nSPS) is 14.5. The molecule has 2 amide bonds. The quantitative estimate of drug-likeness (QED) is 0.923. The Morgan fingerprint density at radius 2 is 2.00 bits per heavy atom. The van der Waals surface area contributed by atoms with Crippen molar-refractivity contribution in [1.29, 1.82) is 0 Å². The topological polar surface area (TPSA) is 84.4 Å². The molecule has 0 atom stereocenters. The number of hydrogen-bond donors (Lipinski definition) is 1. The molecule has 0 aliphatic heterocycles. The molecule has 1 fully saturated rings. The number of amides is 2. The zero-order chi connectivity index (χ0) is 15.6. The maximum absolute atomic E-state index is 12.0. The molecule has 1 heterocycles. The minimum absolute atomic E-state index is 0.0421. The molecule has 1 aromatic heterocycles. The first-order valence-electron chi connectivity index (χ1n) is 6.86. The standard InChI is InChI=1S/C14H20N4O3/c1-14(2,3)21-13(20)18(4)11-7-10(15-8-16-11)17-12(19)9-5-6-9/h7-9H,5-6H2,1-4H3,(H,15,16,17,19). The third kappa shape index (κ3) is 4.40. The van der Waals surface area contributed by atoms with Gasteiger partial charge in [0.25, 0.3) is 0 Å². The van der Waals surface area contributed by atoms with Gasteiger partial charge in [-0.3, -0.25) is 9.69 Å². The molecule has 114 valence electrons. The molecule has 1 aliphatic rings. The van der Waals surface area contributed by atoms with Crippen molar-refractivity contribution in [3.8, 4) is 0 Å². The molecule has 0 aromatic carbocycles. The predicted molar refractivity (Wildman–Crippen MR) is 78.0 cm³/mol. The van der Waals surface area contributed by atoms with E-state index in [0.29, 0.717) is 11.6 Å². The molecule has 21 heavy (non-hydrogen) atoms. The van der Waals surface area contributed by atoms with Crippen LogP contribution < -0.4 is 10.2 Å². The number of rotatable bonds is 3. The van der Waals surface area contributed by atoms with Gasteiger partial charge in [0, 0.05) is 19.0 Å². The molecule has 2 rings (SSSR count). The van der Waals surface area contributed by atoms with E-state index in [4.69, 9.17) is 4.74 Å². The fourth-order valence-corrected chi connectivity index (χ4v) is 1.60. The monoisotopic (exact) mass is 292 g/mol. The molecule has 1 aromatic rings. The van der Waals surface area contributed by atoms with E-state index in [0.717, 1.165) is 12.8 Å². The van der Waals surface area contributed by atoms with E-state index in [9.17, 15) is 9.59 Å². The maximum Gasteiger partial charge on any atom is 0.415 e. The van der Waals surface area contributed by atoms with Gasteiger partial charge in [0.15, 0.2) is 0 Å². The summed E-state index contributed by atoms with van der Waals surface area (Å²) in [6.45, 7) is 5.38. The second-order valence-corrected chi connectivity index (χ2v) is 6.06. The van der Waals surface area contributed by atoms with Gasteiger partial charge in [-0.1, -0.05) is 0 Å². The van der Waals surface area contributed by atoms with Crippen LogP contribution in [0.15, 0.2) is 12.4 Å². The van der Waals surface area contributed by atoms with Crippen LogP contribution in [0, 0.1) is 5.92 Å². The Morgan fingerprint density at radius 3 is 2.57 bits per heavy atom. The van der Waals surface area contributed by atoms with E-state index in [2.05, 4.69) is 15.3 Å². The van der Waals surface area contributed by atoms with E-state index in [1.165, 1.54) is 11.2 Å². The Morgan fingerprint density at radius 1 is 1.33 bits per heavy atom. The van der Waals surface area contributed by atoms with E-state index in [1.54, 1.807) is 33.9 Å². The van der Waals surface area contributed by atoms with Gasteiger partial charge in [0.05, 0.1) is 0 Å². The Hall–Kier alpha value is -2.18. The lowest BCUT2D eigenvalue weighted by Gasteiger charge is -2.24. The van der Waals surface area contributed by atoms with Crippen LogP contribution in [0.2, 0.25) is 0 Å². The predicted octanol–water partition coefficient (Wildman–Crippen LogP) is 2.20. The van der Waals surface area contributed by atoms with Crippen molar-refractivity contribution in [1.82, 2.24) is 9.97 Å². The van der Waals surface area contributed by atoms with Crippen molar-refractivity contribution in [3.05, 3.63) is 12.4 Å². The zero-order valence-corrected chi connectivity index (χ0v) is 12.7. The van der Waals surface area contributed by atoms with Crippen molar-refractivity contribution in [2.75, 3.05) is 17.3 Å². The fourth-order valence-electron chi connectivity index (χ4n) is 1.60. The average Bonchev–Trinajstić information content (AvgIpc) is 3.20. The Bertz CT molecular complexity index is 549. The van der Waals surface area contributed by atoms with Gasteiger partial charge in [-0.2, -0.15) is 0 Å². The molecular formula is C14H20N4O3. The van der Waals surface area contributed by atoms with Crippen molar-refractivity contribution < 1.29 is 14.3 Å². The smallest absolute Gasteiger partial charge is 0.415 e. The molecule has 1 N–H and O–H groups in total. The molecular weight excluding hydrogens is 272 g/mol. The molecule has 7 heteroatoms. The van der Waals surface area contributed by atoms with Crippen molar-refractivity contribution >= 4 is 23.6 Å². The van der Waals surface area contributed by atoms with Crippen LogP contribution in [-0.2, 0) is 9.53 Å². The second-order valence-electron chi connectivity index (χ2n) is 6.06. The lowest BCUT2D eigenvalue weighted by Crippen LogP contribution is -2.34. The summed E-state index contributed by atoms with van der Waals surface area (Å²) in [5, 5.41) is 2.72. The van der Waals surface area contributed by atoms with Crippen LogP contribution >= 0.6 is 0 Å². The van der Waals surface area contributed by atoms with Gasteiger partial charge in [0.2, 0.25) is 5.91 Å². The lowest BCUT2D eigenvalue weighted by atomic mass is 10.2. The first kappa shape index (κ1) is 15.2. The summed E-state index contributed by atoms with van der Waals surface area (Å²) in [5.41, 5.74) is -0.582. The number of nitrogens with one attached hydrogen (secondary N) is 1. The van der Waals surface area contributed by atoms with Crippen LogP contribution in [0.3, 0.4) is 0 Å². The summed E-state index contributed by atoms with van der Waals surface area (Å²) in [5.74, 6) is 0.796. The fraction of sp³-hybridized carbons (Fsp3) is 0.571. The van der Waals surface area contributed by atoms with E-state index in [-0.39, 0.29) is 11.8 Å². The van der Waals surface area contributed by atoms with Crippen LogP contribution in [0.25, 0.3) is 0 Å². The van der Waals surface area contributed by atoms with E-state index >= 15 is 0 Å². The van der Waals surface area contributed by atoms with Gasteiger partial charge in [-0.05, 0) is 33.6 Å². The van der Waals surface area contributed by atoms with Gasteiger partial charge in [0.1, 0.15) is 23.6 Å². The molecule has 7 nitrogen and oxygen atoms in total. The van der Waals surface area contributed by atoms with E-state index < -0.39 is 11.7 Å². The molecule has 0 unspecified atom stereocenters. The second kappa shape index (κ2) is 5.67. The molecule has 0 saturated heterocycles. The van der Waals surface area contributed by atoms with Crippen LogP contribution in [-0.4, -0.2) is 34.6 Å². The Kier molecular flexibility index (Phi) is 4.11.